The molecule has 1 fully saturated rings. The molecule has 14 heavy (non-hydrogen) atoms. The highest BCUT2D eigenvalue weighted by Gasteiger charge is 2.24. The minimum atomic E-state index is 0.836. The summed E-state index contributed by atoms with van der Waals surface area (Å²) in [7, 11) is 0. The van der Waals surface area contributed by atoms with Gasteiger partial charge in [-0.25, -0.2) is 4.90 Å². The Hall–Kier alpha value is -1.30. The molecule has 0 N–H and O–H groups in total. The normalized spacial score (nSPS) is 18.0. The Morgan fingerprint density at radius 3 is 2.79 bits per heavy atom. The lowest BCUT2D eigenvalue weighted by Gasteiger charge is -2.23. The zero-order chi connectivity index (χ0) is 9.97. The quantitative estimate of drug-likeness (QED) is 0.662. The molecule has 0 aliphatic carbocycles. The van der Waals surface area contributed by atoms with Crippen molar-refractivity contribution in [3.05, 3.63) is 18.0 Å². The summed E-state index contributed by atoms with van der Waals surface area (Å²) in [6, 6.07) is 0. The van der Waals surface area contributed by atoms with Crippen LogP contribution in [0.3, 0.4) is 0 Å². The van der Waals surface area contributed by atoms with Gasteiger partial charge >= 0.3 is 5.95 Å². The van der Waals surface area contributed by atoms with Gasteiger partial charge in [-0.3, -0.25) is 0 Å². The van der Waals surface area contributed by atoms with Crippen LogP contribution in [-0.4, -0.2) is 18.1 Å². The number of hydrogen-bond donors (Lipinski definition) is 0. The zero-order valence-electron chi connectivity index (χ0n) is 8.82. The van der Waals surface area contributed by atoms with E-state index in [0.717, 1.165) is 30.5 Å². The van der Waals surface area contributed by atoms with Crippen LogP contribution in [0.15, 0.2) is 6.20 Å². The van der Waals surface area contributed by atoms with Crippen LogP contribution in [0.25, 0.3) is 0 Å². The predicted molar refractivity (Wildman–Crippen MR) is 54.0 cm³/mol. The van der Waals surface area contributed by atoms with Crippen molar-refractivity contribution in [2.24, 2.45) is 5.92 Å². The lowest BCUT2D eigenvalue weighted by Crippen LogP contribution is -2.36. The second-order valence-electron chi connectivity index (χ2n) is 4.13. The molecule has 0 bridgehead atoms. The Morgan fingerprint density at radius 1 is 1.50 bits per heavy atom. The molecule has 2 heterocycles. The van der Waals surface area contributed by atoms with Gasteiger partial charge in [0.15, 0.2) is 6.20 Å². The average molecular weight is 190 g/mol. The van der Waals surface area contributed by atoms with Crippen molar-refractivity contribution in [2.75, 3.05) is 18.0 Å². The summed E-state index contributed by atoms with van der Waals surface area (Å²) in [6.07, 6.45) is 7.28. The summed E-state index contributed by atoms with van der Waals surface area (Å²) in [5.74, 6) is 1.68. The molecule has 0 radical (unpaired) electrons. The molecular formula is C11H16N3+. The number of piperidine rings is 1. The Morgan fingerprint density at radius 2 is 2.21 bits per heavy atom. The van der Waals surface area contributed by atoms with Crippen LogP contribution in [-0.2, 0) is 0 Å². The van der Waals surface area contributed by atoms with Crippen molar-refractivity contribution < 1.29 is 4.98 Å². The van der Waals surface area contributed by atoms with E-state index in [2.05, 4.69) is 28.0 Å². The number of aryl methyl sites for hydroxylation is 1. The van der Waals surface area contributed by atoms with E-state index in [9.17, 15) is 0 Å². The highest BCUT2D eigenvalue weighted by Crippen LogP contribution is 2.17. The molecule has 1 aliphatic heterocycles. The van der Waals surface area contributed by atoms with Crippen LogP contribution in [0, 0.1) is 19.0 Å². The SMILES string of the molecule is Cc1c#[n+]c(N2CCC(C)CC2)nc1. The molecule has 1 aliphatic rings. The van der Waals surface area contributed by atoms with E-state index in [1.165, 1.54) is 12.8 Å². The number of rotatable bonds is 1. The summed E-state index contributed by atoms with van der Waals surface area (Å²) in [6.45, 7) is 6.43. The van der Waals surface area contributed by atoms with Crippen LogP contribution in [0.4, 0.5) is 5.95 Å². The summed E-state index contributed by atoms with van der Waals surface area (Å²) >= 11 is 0. The van der Waals surface area contributed by atoms with Gasteiger partial charge in [-0.1, -0.05) is 11.9 Å². The Labute approximate surface area is 85.2 Å². The third kappa shape index (κ3) is 1.95. The molecule has 1 saturated heterocycles. The van der Waals surface area contributed by atoms with Crippen molar-refractivity contribution in [3.8, 4) is 0 Å². The number of anilines is 1. The van der Waals surface area contributed by atoms with E-state index in [0.29, 0.717) is 0 Å². The summed E-state index contributed by atoms with van der Waals surface area (Å²) < 4.78 is 0. The topological polar surface area (TPSA) is 30.2 Å². The zero-order valence-corrected chi connectivity index (χ0v) is 8.82. The number of hydrogen-bond acceptors (Lipinski definition) is 2. The summed E-state index contributed by atoms with van der Waals surface area (Å²) in [5.41, 5.74) is 0.999. The first-order valence-electron chi connectivity index (χ1n) is 5.22. The first kappa shape index (κ1) is 9.26. The van der Waals surface area contributed by atoms with Gasteiger partial charge in [-0.2, -0.15) is 4.98 Å². The van der Waals surface area contributed by atoms with Crippen LogP contribution in [0.1, 0.15) is 25.3 Å². The van der Waals surface area contributed by atoms with Gasteiger partial charge in [0.1, 0.15) is 6.20 Å². The molecule has 2 rings (SSSR count). The highest BCUT2D eigenvalue weighted by atomic mass is 15.2. The molecule has 0 spiro atoms. The van der Waals surface area contributed by atoms with Gasteiger partial charge in [0.25, 0.3) is 0 Å². The second-order valence-corrected chi connectivity index (χ2v) is 4.13. The lowest BCUT2D eigenvalue weighted by molar-refractivity contribution is -0.285. The molecule has 0 saturated carbocycles. The molecule has 1 aromatic rings. The maximum atomic E-state index is 4.31. The largest absolute Gasteiger partial charge is 0.491 e. The van der Waals surface area contributed by atoms with Crippen molar-refractivity contribution >= 4 is 5.95 Å². The molecular weight excluding hydrogens is 174 g/mol. The number of aromatic nitrogens is 2. The number of nitrogens with zero attached hydrogens (tertiary/aromatic N) is 3. The van der Waals surface area contributed by atoms with E-state index in [-0.39, 0.29) is 0 Å². The maximum Gasteiger partial charge on any atom is 0.491 e. The third-order valence-corrected chi connectivity index (χ3v) is 2.77. The molecule has 74 valence electrons. The summed E-state index contributed by atoms with van der Waals surface area (Å²) in [4.78, 5) is 10.8. The fraction of sp³-hybridized carbons (Fsp3) is 0.636. The van der Waals surface area contributed by atoms with Crippen LogP contribution in [0.2, 0.25) is 0 Å². The molecule has 0 unspecified atom stereocenters. The van der Waals surface area contributed by atoms with Crippen molar-refractivity contribution in [2.45, 2.75) is 26.7 Å². The first-order valence-corrected chi connectivity index (χ1v) is 5.22. The standard InChI is InChI=1S/C11H16N3/c1-9-3-5-14(6-4-9)11-12-7-10(2)8-13-11/h7,9H,3-6H2,1-2H3/q+1. The van der Waals surface area contributed by atoms with E-state index in [1.807, 2.05) is 13.1 Å². The van der Waals surface area contributed by atoms with E-state index < -0.39 is 0 Å². The molecule has 0 aromatic carbocycles. The van der Waals surface area contributed by atoms with Crippen LogP contribution < -0.4 is 9.88 Å². The predicted octanol–water partition coefficient (Wildman–Crippen LogP) is 1.03. The third-order valence-electron chi connectivity index (χ3n) is 2.77. The van der Waals surface area contributed by atoms with Crippen molar-refractivity contribution in [1.29, 1.82) is 0 Å². The van der Waals surface area contributed by atoms with E-state index in [4.69, 9.17) is 0 Å². The van der Waals surface area contributed by atoms with Crippen molar-refractivity contribution in [3.63, 3.8) is 0 Å². The van der Waals surface area contributed by atoms with Crippen LogP contribution >= 0.6 is 0 Å². The van der Waals surface area contributed by atoms with Gasteiger partial charge in [-0.15, -0.1) is 0 Å². The fourth-order valence-electron chi connectivity index (χ4n) is 1.71. The van der Waals surface area contributed by atoms with Gasteiger partial charge in [0, 0.05) is 0 Å². The maximum absolute atomic E-state index is 4.31. The lowest BCUT2D eigenvalue weighted by atomic mass is 10.00. The highest BCUT2D eigenvalue weighted by molar-refractivity contribution is 5.22. The Kier molecular flexibility index (Phi) is 2.53. The first-order chi connectivity index (χ1) is 6.75. The van der Waals surface area contributed by atoms with Gasteiger partial charge in [0.2, 0.25) is 0 Å². The fourth-order valence-corrected chi connectivity index (χ4v) is 1.71. The minimum Gasteiger partial charge on any atom is -0.247 e. The molecule has 3 nitrogen and oxygen atoms in total. The van der Waals surface area contributed by atoms with Gasteiger partial charge in [-0.05, 0) is 25.7 Å². The van der Waals surface area contributed by atoms with Gasteiger partial charge < -0.3 is 0 Å². The van der Waals surface area contributed by atoms with E-state index >= 15 is 0 Å². The molecule has 0 amide bonds. The smallest absolute Gasteiger partial charge is 0.247 e. The van der Waals surface area contributed by atoms with E-state index in [1.54, 1.807) is 0 Å². The van der Waals surface area contributed by atoms with Crippen molar-refractivity contribution in [1.82, 2.24) is 4.98 Å². The Balaban J connectivity index is 2.05. The summed E-state index contributed by atoms with van der Waals surface area (Å²) in [5, 5.41) is 0. The average Bonchev–Trinajstić information content (AvgIpc) is 2.21. The second kappa shape index (κ2) is 3.83. The Bertz CT molecular complexity index is 286. The molecule has 3 heteroatoms. The molecule has 0 atom stereocenters. The minimum absolute atomic E-state index is 0.836. The van der Waals surface area contributed by atoms with Crippen LogP contribution in [0.5, 0.6) is 0 Å². The monoisotopic (exact) mass is 190 g/mol. The molecule has 1 aromatic heterocycles. The van der Waals surface area contributed by atoms with Gasteiger partial charge in [0.05, 0.1) is 18.7 Å².